The normalized spacial score (nSPS) is 11.6. The molecule has 0 radical (unpaired) electrons. The van der Waals surface area contributed by atoms with E-state index in [9.17, 15) is 17.6 Å². The van der Waals surface area contributed by atoms with Gasteiger partial charge in [0.1, 0.15) is 5.82 Å². The first-order chi connectivity index (χ1) is 11.3. The molecule has 0 spiro atoms. The van der Waals surface area contributed by atoms with Crippen LogP contribution >= 0.6 is 11.6 Å². The molecular formula is C15H11ClFN3O3S. The van der Waals surface area contributed by atoms with Crippen LogP contribution in [0.3, 0.4) is 0 Å². The number of amides is 1. The van der Waals surface area contributed by atoms with Gasteiger partial charge in [-0.15, -0.1) is 0 Å². The number of imidazole rings is 1. The number of carbonyl (C=O) groups excluding carboxylic acids is 1. The lowest BCUT2D eigenvalue weighted by Gasteiger charge is -2.05. The summed E-state index contributed by atoms with van der Waals surface area (Å²) in [6.07, 6.45) is 2.48. The van der Waals surface area contributed by atoms with Crippen LogP contribution in [0.15, 0.2) is 47.8 Å². The molecule has 3 aromatic rings. The first-order valence-corrected chi connectivity index (χ1v) is 8.98. The number of pyridine rings is 1. The van der Waals surface area contributed by atoms with Crippen molar-refractivity contribution in [1.82, 2.24) is 9.38 Å². The van der Waals surface area contributed by atoms with E-state index in [2.05, 4.69) is 10.3 Å². The van der Waals surface area contributed by atoms with Gasteiger partial charge in [0.25, 0.3) is 5.91 Å². The number of fused-ring (bicyclic) bond motifs is 1. The lowest BCUT2D eigenvalue weighted by molar-refractivity contribution is 0.102. The quantitative estimate of drug-likeness (QED) is 0.771. The molecule has 2 aromatic heterocycles. The molecule has 0 saturated heterocycles. The zero-order valence-corrected chi connectivity index (χ0v) is 13.9. The lowest BCUT2D eigenvalue weighted by Crippen LogP contribution is -2.14. The maximum atomic E-state index is 13.8. The highest BCUT2D eigenvalue weighted by atomic mass is 35.5. The number of halogens is 2. The van der Waals surface area contributed by atoms with Gasteiger partial charge in [-0.2, -0.15) is 0 Å². The molecule has 0 unspecified atom stereocenters. The SMILES string of the molecule is CS(=O)(=O)c1nc(C(=O)Nc2ccc(Cl)cc2F)c2ccccn12. The molecule has 0 aliphatic rings. The summed E-state index contributed by atoms with van der Waals surface area (Å²) in [6, 6.07) is 8.60. The number of aromatic nitrogens is 2. The second-order valence-electron chi connectivity index (χ2n) is 5.05. The van der Waals surface area contributed by atoms with E-state index in [0.717, 1.165) is 12.3 Å². The van der Waals surface area contributed by atoms with Gasteiger partial charge in [0.15, 0.2) is 5.69 Å². The van der Waals surface area contributed by atoms with Gasteiger partial charge in [0.2, 0.25) is 15.0 Å². The second kappa shape index (κ2) is 5.88. The van der Waals surface area contributed by atoms with Crippen LogP contribution in [-0.2, 0) is 9.84 Å². The Kier molecular flexibility index (Phi) is 4.02. The van der Waals surface area contributed by atoms with Crippen LogP contribution in [0.1, 0.15) is 10.5 Å². The fourth-order valence-electron chi connectivity index (χ4n) is 2.21. The summed E-state index contributed by atoms with van der Waals surface area (Å²) in [6.45, 7) is 0. The molecule has 0 atom stereocenters. The van der Waals surface area contributed by atoms with Crippen LogP contribution in [0.4, 0.5) is 10.1 Å². The topological polar surface area (TPSA) is 80.5 Å². The molecule has 0 saturated carbocycles. The summed E-state index contributed by atoms with van der Waals surface area (Å²) >= 11 is 5.67. The smallest absolute Gasteiger partial charge is 0.276 e. The van der Waals surface area contributed by atoms with Crippen molar-refractivity contribution in [1.29, 1.82) is 0 Å². The van der Waals surface area contributed by atoms with Crippen LogP contribution in [0.25, 0.3) is 5.52 Å². The van der Waals surface area contributed by atoms with Gasteiger partial charge < -0.3 is 5.32 Å². The molecule has 0 aliphatic heterocycles. The molecule has 1 N–H and O–H groups in total. The molecule has 0 fully saturated rings. The zero-order chi connectivity index (χ0) is 17.5. The van der Waals surface area contributed by atoms with Crippen LogP contribution in [0.2, 0.25) is 5.02 Å². The van der Waals surface area contributed by atoms with Gasteiger partial charge >= 0.3 is 0 Å². The predicted octanol–water partition coefficient (Wildman–Crippen LogP) is 2.78. The van der Waals surface area contributed by atoms with Gasteiger partial charge in [-0.05, 0) is 30.3 Å². The summed E-state index contributed by atoms with van der Waals surface area (Å²) in [4.78, 5) is 16.3. The van der Waals surface area contributed by atoms with Crippen molar-refractivity contribution in [2.24, 2.45) is 0 Å². The largest absolute Gasteiger partial charge is 0.318 e. The maximum Gasteiger partial charge on any atom is 0.276 e. The Hall–Kier alpha value is -2.45. The van der Waals surface area contributed by atoms with Gasteiger partial charge in [-0.25, -0.2) is 17.8 Å². The van der Waals surface area contributed by atoms with E-state index >= 15 is 0 Å². The van der Waals surface area contributed by atoms with Crippen molar-refractivity contribution >= 4 is 38.5 Å². The highest BCUT2D eigenvalue weighted by Crippen LogP contribution is 2.22. The highest BCUT2D eigenvalue weighted by Gasteiger charge is 2.23. The first-order valence-electron chi connectivity index (χ1n) is 6.71. The van der Waals surface area contributed by atoms with Gasteiger partial charge in [0.05, 0.1) is 11.2 Å². The van der Waals surface area contributed by atoms with Crippen molar-refractivity contribution in [2.75, 3.05) is 11.6 Å². The van der Waals surface area contributed by atoms with E-state index in [1.165, 1.54) is 22.7 Å². The number of carbonyl (C=O) groups is 1. The van der Waals surface area contributed by atoms with E-state index in [0.29, 0.717) is 5.52 Å². The number of anilines is 1. The highest BCUT2D eigenvalue weighted by molar-refractivity contribution is 7.90. The van der Waals surface area contributed by atoms with E-state index in [1.807, 2.05) is 0 Å². The van der Waals surface area contributed by atoms with E-state index < -0.39 is 21.6 Å². The minimum atomic E-state index is -3.65. The van der Waals surface area contributed by atoms with Crippen molar-refractivity contribution < 1.29 is 17.6 Å². The van der Waals surface area contributed by atoms with E-state index in [-0.39, 0.29) is 21.6 Å². The summed E-state index contributed by atoms with van der Waals surface area (Å²) in [5.74, 6) is -1.43. The van der Waals surface area contributed by atoms with Crippen LogP contribution in [-0.4, -0.2) is 30.0 Å². The molecule has 0 aliphatic carbocycles. The Balaban J connectivity index is 2.07. The molecule has 24 heavy (non-hydrogen) atoms. The van der Waals surface area contributed by atoms with Gasteiger partial charge in [0, 0.05) is 17.5 Å². The molecule has 2 heterocycles. The van der Waals surface area contributed by atoms with E-state index in [1.54, 1.807) is 18.2 Å². The zero-order valence-electron chi connectivity index (χ0n) is 12.3. The summed E-state index contributed by atoms with van der Waals surface area (Å²) in [5, 5.41) is 2.30. The third kappa shape index (κ3) is 2.98. The lowest BCUT2D eigenvalue weighted by atomic mass is 10.2. The second-order valence-corrected chi connectivity index (χ2v) is 7.40. The number of benzene rings is 1. The Morgan fingerprint density at radius 2 is 2.04 bits per heavy atom. The van der Waals surface area contributed by atoms with Crippen LogP contribution in [0, 0.1) is 5.82 Å². The number of nitrogens with one attached hydrogen (secondary N) is 1. The Labute approximate surface area is 141 Å². The third-order valence-corrected chi connectivity index (χ3v) is 4.43. The van der Waals surface area contributed by atoms with Gasteiger partial charge in [-0.1, -0.05) is 17.7 Å². The Morgan fingerprint density at radius 3 is 2.71 bits per heavy atom. The Morgan fingerprint density at radius 1 is 1.29 bits per heavy atom. The van der Waals surface area contributed by atoms with Crippen molar-refractivity contribution in [3.63, 3.8) is 0 Å². The molecule has 124 valence electrons. The number of sulfone groups is 1. The summed E-state index contributed by atoms with van der Waals surface area (Å²) in [7, 11) is -3.65. The maximum absolute atomic E-state index is 13.8. The number of rotatable bonds is 3. The van der Waals surface area contributed by atoms with Crippen LogP contribution < -0.4 is 5.32 Å². The molecule has 6 nitrogen and oxygen atoms in total. The molecule has 1 amide bonds. The number of nitrogens with zero attached hydrogens (tertiary/aromatic N) is 2. The molecule has 9 heteroatoms. The average Bonchev–Trinajstić information content (AvgIpc) is 2.90. The van der Waals surface area contributed by atoms with Gasteiger partial charge in [-0.3, -0.25) is 9.20 Å². The van der Waals surface area contributed by atoms with E-state index in [4.69, 9.17) is 11.6 Å². The monoisotopic (exact) mass is 367 g/mol. The Bertz CT molecular complexity index is 1060. The molecule has 3 rings (SSSR count). The van der Waals surface area contributed by atoms with Crippen molar-refractivity contribution in [3.05, 3.63) is 59.1 Å². The van der Waals surface area contributed by atoms with Crippen molar-refractivity contribution in [3.8, 4) is 0 Å². The number of hydrogen-bond acceptors (Lipinski definition) is 4. The average molecular weight is 368 g/mol. The fraction of sp³-hybridized carbons (Fsp3) is 0.0667. The standard InChI is InChI=1S/C15H11ClFN3O3S/c1-24(22,23)15-19-13(12-4-2-3-7-20(12)15)14(21)18-11-6-5-9(16)8-10(11)17/h2-8H,1H3,(H,18,21). The third-order valence-electron chi connectivity index (χ3n) is 3.24. The summed E-state index contributed by atoms with van der Waals surface area (Å²) < 4.78 is 38.8. The molecule has 1 aromatic carbocycles. The predicted molar refractivity (Wildman–Crippen MR) is 87.7 cm³/mol. The molecular weight excluding hydrogens is 357 g/mol. The minimum Gasteiger partial charge on any atom is -0.318 e. The molecule has 0 bridgehead atoms. The van der Waals surface area contributed by atoms with Crippen molar-refractivity contribution in [2.45, 2.75) is 5.16 Å². The minimum absolute atomic E-state index is 0.0811. The fourth-order valence-corrected chi connectivity index (χ4v) is 3.14. The first kappa shape index (κ1) is 16.4. The number of hydrogen-bond donors (Lipinski definition) is 1. The summed E-state index contributed by atoms with van der Waals surface area (Å²) in [5.41, 5.74) is 0.0950. The van der Waals surface area contributed by atoms with Crippen LogP contribution in [0.5, 0.6) is 0 Å².